The molecule has 6 heteroatoms. The highest BCUT2D eigenvalue weighted by Gasteiger charge is 2.25. The number of benzene rings is 1. The third-order valence-corrected chi connectivity index (χ3v) is 5.25. The van der Waals surface area contributed by atoms with Crippen LogP contribution in [0, 0.1) is 5.92 Å². The van der Waals surface area contributed by atoms with Crippen molar-refractivity contribution in [3.05, 3.63) is 42.5 Å². The third-order valence-electron chi connectivity index (χ3n) is 5.25. The molecule has 2 aromatic heterocycles. The fourth-order valence-corrected chi connectivity index (χ4v) is 3.74. The quantitative estimate of drug-likeness (QED) is 0.727. The Morgan fingerprint density at radius 1 is 1.19 bits per heavy atom. The van der Waals surface area contributed by atoms with E-state index >= 15 is 0 Å². The molecule has 0 bridgehead atoms. The normalized spacial score (nSPS) is 17.7. The van der Waals surface area contributed by atoms with Gasteiger partial charge in [-0.15, -0.1) is 5.10 Å². The second kappa shape index (κ2) is 7.56. The molecule has 6 nitrogen and oxygen atoms in total. The van der Waals surface area contributed by atoms with Crippen LogP contribution >= 0.6 is 0 Å². The van der Waals surface area contributed by atoms with Gasteiger partial charge in [-0.25, -0.2) is 4.98 Å². The van der Waals surface area contributed by atoms with E-state index in [9.17, 15) is 0 Å². The fraction of sp³-hybridized carbons (Fsp3) is 0.429. The van der Waals surface area contributed by atoms with Gasteiger partial charge < -0.3 is 16.0 Å². The first kappa shape index (κ1) is 17.8. The molecule has 0 spiro atoms. The van der Waals surface area contributed by atoms with Crippen molar-refractivity contribution in [1.29, 1.82) is 0 Å². The Bertz CT molecular complexity index is 902. The maximum Gasteiger partial charge on any atom is 0.182 e. The topological polar surface area (TPSA) is 71.5 Å². The summed E-state index contributed by atoms with van der Waals surface area (Å²) < 4.78 is 1.92. The first-order valence-electron chi connectivity index (χ1n) is 9.81. The average molecular weight is 364 g/mol. The fourth-order valence-electron chi connectivity index (χ4n) is 3.74. The van der Waals surface area contributed by atoms with E-state index in [2.05, 4.69) is 30.1 Å². The minimum Gasteiger partial charge on any atom is -0.396 e. The van der Waals surface area contributed by atoms with Gasteiger partial charge in [0.2, 0.25) is 0 Å². The van der Waals surface area contributed by atoms with Gasteiger partial charge in [-0.3, -0.25) is 0 Å². The van der Waals surface area contributed by atoms with Gasteiger partial charge in [-0.05, 0) is 30.9 Å². The Morgan fingerprint density at radius 2 is 2.00 bits per heavy atom. The number of nitrogen functional groups attached to an aromatic ring is 1. The summed E-state index contributed by atoms with van der Waals surface area (Å²) in [6.45, 7) is 7.50. The van der Waals surface area contributed by atoms with Crippen molar-refractivity contribution >= 4 is 17.2 Å². The predicted octanol–water partition coefficient (Wildman–Crippen LogP) is 3.19. The first-order chi connectivity index (χ1) is 13.1. The molecule has 3 N–H and O–H groups in total. The van der Waals surface area contributed by atoms with Crippen LogP contribution in [0.1, 0.15) is 26.7 Å². The highest BCUT2D eigenvalue weighted by molar-refractivity contribution is 5.71. The molecular formula is C21H28N6. The molecule has 1 aromatic carbocycles. The lowest BCUT2D eigenvalue weighted by Gasteiger charge is -2.38. The van der Waals surface area contributed by atoms with Gasteiger partial charge in [0.15, 0.2) is 11.5 Å². The Hall–Kier alpha value is -2.60. The summed E-state index contributed by atoms with van der Waals surface area (Å²) in [5, 5.41) is 8.35. The zero-order valence-corrected chi connectivity index (χ0v) is 16.1. The molecule has 4 rings (SSSR count). The lowest BCUT2D eigenvalue weighted by molar-refractivity contribution is 0.413. The SMILES string of the molecule is CC(C)CCC1CNCCN1c1ccc(N)c2nc(-c3ccccc3)nn12. The van der Waals surface area contributed by atoms with E-state index in [1.165, 1.54) is 6.42 Å². The first-order valence-corrected chi connectivity index (χ1v) is 9.81. The maximum atomic E-state index is 6.22. The van der Waals surface area contributed by atoms with Crippen molar-refractivity contribution in [2.75, 3.05) is 30.3 Å². The van der Waals surface area contributed by atoms with Crippen LogP contribution in [0.4, 0.5) is 11.5 Å². The van der Waals surface area contributed by atoms with Crippen LogP contribution < -0.4 is 16.0 Å². The van der Waals surface area contributed by atoms with Gasteiger partial charge in [0.25, 0.3) is 0 Å². The molecule has 1 unspecified atom stereocenters. The number of rotatable bonds is 5. The van der Waals surface area contributed by atoms with Gasteiger partial charge in [0.1, 0.15) is 5.82 Å². The number of hydrogen-bond acceptors (Lipinski definition) is 5. The zero-order chi connectivity index (χ0) is 18.8. The van der Waals surface area contributed by atoms with E-state index in [0.29, 0.717) is 23.5 Å². The molecule has 1 atom stereocenters. The summed E-state index contributed by atoms with van der Waals surface area (Å²) in [4.78, 5) is 7.19. The van der Waals surface area contributed by atoms with Gasteiger partial charge >= 0.3 is 0 Å². The Kier molecular flexibility index (Phi) is 4.99. The predicted molar refractivity (Wildman–Crippen MR) is 111 cm³/mol. The average Bonchev–Trinajstić information content (AvgIpc) is 3.14. The number of nitrogens with two attached hydrogens (primary N) is 1. The molecule has 1 aliphatic heterocycles. The van der Waals surface area contributed by atoms with Gasteiger partial charge in [0, 0.05) is 31.2 Å². The summed E-state index contributed by atoms with van der Waals surface area (Å²) in [6, 6.07) is 14.6. The zero-order valence-electron chi connectivity index (χ0n) is 16.1. The number of nitrogens with one attached hydrogen (secondary N) is 1. The van der Waals surface area contributed by atoms with Gasteiger partial charge in [0.05, 0.1) is 5.69 Å². The molecule has 1 fully saturated rings. The van der Waals surface area contributed by atoms with Crippen molar-refractivity contribution in [3.63, 3.8) is 0 Å². The number of piperazine rings is 1. The Balaban J connectivity index is 1.74. The Labute approximate surface area is 160 Å². The van der Waals surface area contributed by atoms with Crippen molar-refractivity contribution in [2.24, 2.45) is 5.92 Å². The highest BCUT2D eigenvalue weighted by atomic mass is 15.4. The van der Waals surface area contributed by atoms with Gasteiger partial charge in [-0.1, -0.05) is 44.2 Å². The second-order valence-electron chi connectivity index (χ2n) is 7.71. The molecule has 0 amide bonds. The molecule has 1 saturated heterocycles. The van der Waals surface area contributed by atoms with Crippen LogP contribution in [-0.2, 0) is 0 Å². The van der Waals surface area contributed by atoms with E-state index in [1.807, 2.05) is 40.9 Å². The number of aromatic nitrogens is 3. The van der Waals surface area contributed by atoms with E-state index in [-0.39, 0.29) is 0 Å². The van der Waals surface area contributed by atoms with E-state index in [1.54, 1.807) is 0 Å². The summed E-state index contributed by atoms with van der Waals surface area (Å²) in [6.07, 6.45) is 2.38. The molecule has 3 heterocycles. The summed E-state index contributed by atoms with van der Waals surface area (Å²) in [7, 11) is 0. The lowest BCUT2D eigenvalue weighted by Crippen LogP contribution is -2.52. The van der Waals surface area contributed by atoms with Crippen LogP contribution in [-0.4, -0.2) is 40.3 Å². The molecule has 27 heavy (non-hydrogen) atoms. The van der Waals surface area contributed by atoms with E-state index < -0.39 is 0 Å². The number of nitrogens with zero attached hydrogens (tertiary/aromatic N) is 4. The minimum absolute atomic E-state index is 0.456. The summed E-state index contributed by atoms with van der Waals surface area (Å²) in [5.41, 5.74) is 8.61. The van der Waals surface area contributed by atoms with Crippen LogP contribution in [0.3, 0.4) is 0 Å². The summed E-state index contributed by atoms with van der Waals surface area (Å²) in [5.74, 6) is 2.49. The molecule has 0 aliphatic carbocycles. The molecule has 0 saturated carbocycles. The van der Waals surface area contributed by atoms with Crippen LogP contribution in [0.25, 0.3) is 17.0 Å². The second-order valence-corrected chi connectivity index (χ2v) is 7.71. The van der Waals surface area contributed by atoms with Crippen LogP contribution in [0.5, 0.6) is 0 Å². The highest BCUT2D eigenvalue weighted by Crippen LogP contribution is 2.27. The molecule has 1 aliphatic rings. The third kappa shape index (κ3) is 3.62. The smallest absolute Gasteiger partial charge is 0.182 e. The van der Waals surface area contributed by atoms with Crippen molar-refractivity contribution in [1.82, 2.24) is 19.9 Å². The van der Waals surface area contributed by atoms with Gasteiger partial charge in [-0.2, -0.15) is 4.52 Å². The van der Waals surface area contributed by atoms with Crippen molar-refractivity contribution < 1.29 is 0 Å². The number of pyridine rings is 1. The maximum absolute atomic E-state index is 6.22. The lowest BCUT2D eigenvalue weighted by atomic mass is 10.0. The standard InChI is InChI=1S/C21H28N6/c1-15(2)8-9-17-14-23-12-13-26(17)19-11-10-18(22)21-24-20(25-27(19)21)16-6-4-3-5-7-16/h3-7,10-11,15,17,23H,8-9,12-14,22H2,1-2H3. The largest absolute Gasteiger partial charge is 0.396 e. The Morgan fingerprint density at radius 3 is 2.78 bits per heavy atom. The van der Waals surface area contributed by atoms with Crippen LogP contribution in [0.2, 0.25) is 0 Å². The monoisotopic (exact) mass is 364 g/mol. The molecular weight excluding hydrogens is 336 g/mol. The van der Waals surface area contributed by atoms with E-state index in [0.717, 1.165) is 43.1 Å². The molecule has 142 valence electrons. The number of hydrogen-bond donors (Lipinski definition) is 2. The minimum atomic E-state index is 0.456. The summed E-state index contributed by atoms with van der Waals surface area (Å²) >= 11 is 0. The molecule has 3 aromatic rings. The number of fused-ring (bicyclic) bond motifs is 1. The number of anilines is 2. The van der Waals surface area contributed by atoms with Crippen molar-refractivity contribution in [2.45, 2.75) is 32.7 Å². The molecule has 0 radical (unpaired) electrons. The van der Waals surface area contributed by atoms with E-state index in [4.69, 9.17) is 15.8 Å². The van der Waals surface area contributed by atoms with Crippen LogP contribution in [0.15, 0.2) is 42.5 Å². The van der Waals surface area contributed by atoms with Crippen molar-refractivity contribution in [3.8, 4) is 11.4 Å².